The van der Waals surface area contributed by atoms with Gasteiger partial charge in [-0.05, 0) is 68.3 Å². The van der Waals surface area contributed by atoms with Crippen LogP contribution in [0.25, 0.3) is 0 Å². The maximum Gasteiger partial charge on any atom is 0.264 e. The van der Waals surface area contributed by atoms with E-state index in [9.17, 15) is 18.0 Å². The molecule has 0 radical (unpaired) electrons. The van der Waals surface area contributed by atoms with Gasteiger partial charge in [-0.25, -0.2) is 8.42 Å². The van der Waals surface area contributed by atoms with Gasteiger partial charge < -0.3 is 19.7 Å². The number of amides is 2. The summed E-state index contributed by atoms with van der Waals surface area (Å²) >= 11 is 19.1. The van der Waals surface area contributed by atoms with Crippen molar-refractivity contribution in [3.8, 4) is 11.5 Å². The molecule has 13 heteroatoms. The predicted octanol–water partition coefficient (Wildman–Crippen LogP) is 6.73. The molecule has 1 N–H and O–H groups in total. The van der Waals surface area contributed by atoms with Gasteiger partial charge >= 0.3 is 0 Å². The lowest BCUT2D eigenvalue weighted by Gasteiger charge is -2.33. The molecule has 0 aromatic heterocycles. The third-order valence-corrected chi connectivity index (χ3v) is 10.6. The van der Waals surface area contributed by atoms with Gasteiger partial charge in [0.15, 0.2) is 11.5 Å². The van der Waals surface area contributed by atoms with Crippen LogP contribution >= 0.6 is 34.8 Å². The molecule has 0 saturated heterocycles. The largest absolute Gasteiger partial charge is 0.493 e. The van der Waals surface area contributed by atoms with Crippen LogP contribution in [0.2, 0.25) is 15.1 Å². The van der Waals surface area contributed by atoms with Crippen LogP contribution < -0.4 is 19.1 Å². The van der Waals surface area contributed by atoms with Crippen LogP contribution in [0, 0.1) is 0 Å². The monoisotopic (exact) mass is 695 g/mol. The van der Waals surface area contributed by atoms with Gasteiger partial charge in [0.25, 0.3) is 10.0 Å². The number of hydrogen-bond acceptors (Lipinski definition) is 6. The number of anilines is 1. The minimum absolute atomic E-state index is 0.00514. The highest BCUT2D eigenvalue weighted by atomic mass is 35.5. The van der Waals surface area contributed by atoms with Gasteiger partial charge in [-0.3, -0.25) is 13.9 Å². The Hall–Kier alpha value is -3.18. The summed E-state index contributed by atoms with van der Waals surface area (Å²) in [5, 5.41) is 4.08. The minimum Gasteiger partial charge on any atom is -0.493 e. The number of hydrogen-bond donors (Lipinski definition) is 1. The van der Waals surface area contributed by atoms with Crippen LogP contribution in [0.15, 0.2) is 65.6 Å². The first-order valence-electron chi connectivity index (χ1n) is 14.5. The van der Waals surface area contributed by atoms with Crippen molar-refractivity contribution in [3.05, 3.63) is 81.3 Å². The SMILES string of the molecule is COc1ccc(S(=O)(=O)N(CC(=O)N(Cc2c(Cl)cccc2Cl)[C@@H](C)C(=O)NC2CCCCC2)c2ccc(Cl)cc2)cc1OC. The van der Waals surface area contributed by atoms with Gasteiger partial charge in [-0.15, -0.1) is 0 Å². The summed E-state index contributed by atoms with van der Waals surface area (Å²) < 4.78 is 39.9. The molecule has 1 aliphatic carbocycles. The number of carbonyl (C=O) groups excluding carboxylic acids is 2. The zero-order valence-electron chi connectivity index (χ0n) is 25.3. The van der Waals surface area contributed by atoms with Gasteiger partial charge in [0.05, 0.1) is 24.8 Å². The lowest BCUT2D eigenvalue weighted by molar-refractivity contribution is -0.139. The summed E-state index contributed by atoms with van der Waals surface area (Å²) in [5.74, 6) is -0.453. The third-order valence-electron chi connectivity index (χ3n) is 7.85. The number of ether oxygens (including phenoxy) is 2. The first-order valence-corrected chi connectivity index (χ1v) is 17.1. The molecule has 1 aliphatic rings. The number of carbonyl (C=O) groups is 2. The third kappa shape index (κ3) is 8.35. The van der Waals surface area contributed by atoms with Crippen LogP contribution in [0.5, 0.6) is 11.5 Å². The molecular weight excluding hydrogens is 661 g/mol. The highest BCUT2D eigenvalue weighted by Gasteiger charge is 2.34. The molecule has 1 atom stereocenters. The Labute approximate surface area is 279 Å². The van der Waals surface area contributed by atoms with E-state index in [2.05, 4.69) is 5.32 Å². The molecule has 0 unspecified atom stereocenters. The number of sulfonamides is 1. The molecule has 2 amide bonds. The Morgan fingerprint density at radius 3 is 2.13 bits per heavy atom. The molecule has 3 aromatic rings. The van der Waals surface area contributed by atoms with E-state index in [1.165, 1.54) is 61.6 Å². The molecule has 0 aliphatic heterocycles. The van der Waals surface area contributed by atoms with Gasteiger partial charge in [0.1, 0.15) is 12.6 Å². The molecule has 242 valence electrons. The lowest BCUT2D eigenvalue weighted by Crippen LogP contribution is -2.53. The van der Waals surface area contributed by atoms with E-state index in [4.69, 9.17) is 44.3 Å². The van der Waals surface area contributed by atoms with Crippen LogP contribution in [-0.2, 0) is 26.2 Å². The fourth-order valence-corrected chi connectivity index (χ4v) is 7.32. The zero-order chi connectivity index (χ0) is 32.7. The summed E-state index contributed by atoms with van der Waals surface area (Å²) in [5.41, 5.74) is 0.630. The second-order valence-corrected chi connectivity index (χ2v) is 13.9. The van der Waals surface area contributed by atoms with Crippen molar-refractivity contribution in [2.45, 2.75) is 62.6 Å². The molecule has 45 heavy (non-hydrogen) atoms. The molecule has 4 rings (SSSR count). The van der Waals surface area contributed by atoms with Crippen molar-refractivity contribution in [2.24, 2.45) is 0 Å². The summed E-state index contributed by atoms with van der Waals surface area (Å²) in [6.07, 6.45) is 4.86. The van der Waals surface area contributed by atoms with Crippen molar-refractivity contribution in [3.63, 3.8) is 0 Å². The number of benzene rings is 3. The fraction of sp³-hybridized carbons (Fsp3) is 0.375. The Kier molecular flexibility index (Phi) is 11.9. The van der Waals surface area contributed by atoms with E-state index in [0.29, 0.717) is 26.4 Å². The van der Waals surface area contributed by atoms with Gasteiger partial charge in [0.2, 0.25) is 11.8 Å². The normalized spacial score (nSPS) is 14.4. The smallest absolute Gasteiger partial charge is 0.264 e. The molecule has 0 bridgehead atoms. The van der Waals surface area contributed by atoms with Crippen LogP contribution in [0.1, 0.15) is 44.6 Å². The van der Waals surface area contributed by atoms with Crippen molar-refractivity contribution in [1.82, 2.24) is 10.2 Å². The molecule has 3 aromatic carbocycles. The second kappa shape index (κ2) is 15.4. The zero-order valence-corrected chi connectivity index (χ0v) is 28.3. The Morgan fingerprint density at radius 1 is 0.911 bits per heavy atom. The maximum atomic E-state index is 14.2. The summed E-state index contributed by atoms with van der Waals surface area (Å²) in [4.78, 5) is 28.9. The number of methoxy groups -OCH3 is 2. The fourth-order valence-electron chi connectivity index (χ4n) is 5.25. The first kappa shape index (κ1) is 34.7. The van der Waals surface area contributed by atoms with Crippen molar-refractivity contribution in [2.75, 3.05) is 25.1 Å². The topological polar surface area (TPSA) is 105 Å². The number of nitrogens with zero attached hydrogens (tertiary/aromatic N) is 2. The van der Waals surface area contributed by atoms with Crippen LogP contribution in [0.3, 0.4) is 0 Å². The predicted molar refractivity (Wildman–Crippen MR) is 177 cm³/mol. The molecule has 1 fully saturated rings. The van der Waals surface area contributed by atoms with Gasteiger partial charge in [-0.1, -0.05) is 60.1 Å². The minimum atomic E-state index is -4.36. The first-order chi connectivity index (χ1) is 21.5. The molecule has 1 saturated carbocycles. The number of halogens is 3. The van der Waals surface area contributed by atoms with E-state index in [1.807, 2.05) is 0 Å². The quantitative estimate of drug-likeness (QED) is 0.225. The lowest BCUT2D eigenvalue weighted by atomic mass is 9.95. The van der Waals surface area contributed by atoms with Crippen LogP contribution in [-0.4, -0.2) is 58.0 Å². The molecule has 0 heterocycles. The van der Waals surface area contributed by atoms with Crippen molar-refractivity contribution >= 4 is 62.3 Å². The number of rotatable bonds is 12. The standard InChI is InChI=1S/C32H36Cl3N3O6S/c1-21(32(40)36-23-8-5-4-6-9-23)37(19-26-27(34)10-7-11-28(26)35)31(39)20-38(24-14-12-22(33)13-15-24)45(41,42)25-16-17-29(43-2)30(18-25)44-3/h7,10-18,21,23H,4-6,8-9,19-20H2,1-3H3,(H,36,40)/t21-/m0/s1. The molecule has 9 nitrogen and oxygen atoms in total. The van der Waals surface area contributed by atoms with E-state index >= 15 is 0 Å². The van der Waals surface area contributed by atoms with Crippen molar-refractivity contribution < 1.29 is 27.5 Å². The van der Waals surface area contributed by atoms with E-state index in [-0.39, 0.29) is 34.8 Å². The average molecular weight is 697 g/mol. The summed E-state index contributed by atoms with van der Waals surface area (Å²) in [6.45, 7) is 0.846. The Bertz CT molecular complexity index is 1590. The van der Waals surface area contributed by atoms with Gasteiger partial charge in [0, 0.05) is 39.3 Å². The second-order valence-electron chi connectivity index (χ2n) is 10.7. The summed E-state index contributed by atoms with van der Waals surface area (Å²) in [6, 6.07) is 14.2. The highest BCUT2D eigenvalue weighted by molar-refractivity contribution is 7.92. The van der Waals surface area contributed by atoms with Crippen LogP contribution in [0.4, 0.5) is 5.69 Å². The average Bonchev–Trinajstić information content (AvgIpc) is 3.03. The van der Waals surface area contributed by atoms with E-state index in [0.717, 1.165) is 36.4 Å². The molecular formula is C32H36Cl3N3O6S. The Balaban J connectivity index is 1.73. The molecule has 0 spiro atoms. The van der Waals surface area contributed by atoms with E-state index in [1.54, 1.807) is 25.1 Å². The summed E-state index contributed by atoms with van der Waals surface area (Å²) in [7, 11) is -1.52. The highest BCUT2D eigenvalue weighted by Crippen LogP contribution is 2.33. The van der Waals surface area contributed by atoms with Gasteiger partial charge in [-0.2, -0.15) is 0 Å². The Morgan fingerprint density at radius 2 is 1.53 bits per heavy atom. The maximum absolute atomic E-state index is 14.2. The van der Waals surface area contributed by atoms with E-state index < -0.39 is 28.5 Å². The number of nitrogens with one attached hydrogen (secondary N) is 1. The van der Waals surface area contributed by atoms with Crippen molar-refractivity contribution in [1.29, 1.82) is 0 Å².